The third-order valence-corrected chi connectivity index (χ3v) is 15.9. The monoisotopic (exact) mass is 982 g/mol. The molecule has 0 N–H and O–H groups in total. The highest BCUT2D eigenvalue weighted by Gasteiger charge is 2.28. The van der Waals surface area contributed by atoms with Crippen LogP contribution in [-0.2, 0) is 0 Å². The summed E-state index contributed by atoms with van der Waals surface area (Å²) in [5.74, 6) is 1.63. The molecule has 0 aliphatic heterocycles. The maximum absolute atomic E-state index is 5.72. The fourth-order valence-electron chi connectivity index (χ4n) is 12.7. The van der Waals surface area contributed by atoms with Gasteiger partial charge < -0.3 is 13.7 Å². The molecule has 17 rings (SSSR count). The van der Waals surface area contributed by atoms with Crippen molar-refractivity contribution < 1.29 is 0 Å². The molecule has 0 aliphatic rings. The van der Waals surface area contributed by atoms with E-state index in [1.807, 2.05) is 6.07 Å². The summed E-state index contributed by atoms with van der Waals surface area (Å²) in [4.78, 5) is 16.8. The molecule has 0 radical (unpaired) electrons. The third kappa shape index (κ3) is 5.89. The van der Waals surface area contributed by atoms with Gasteiger partial charge in [-0.3, -0.25) is 9.13 Å². The Morgan fingerprint density at radius 3 is 1.04 bits per heavy atom. The van der Waals surface area contributed by atoms with Gasteiger partial charge in [-0.15, -0.1) is 0 Å². The first-order valence-electron chi connectivity index (χ1n) is 26.1. The number of aromatic nitrogens is 8. The highest BCUT2D eigenvalue weighted by Crippen LogP contribution is 2.46. The van der Waals surface area contributed by atoms with E-state index in [-0.39, 0.29) is 0 Å². The lowest BCUT2D eigenvalue weighted by Gasteiger charge is -2.15. The van der Waals surface area contributed by atoms with Crippen LogP contribution in [0, 0.1) is 0 Å². The minimum Gasteiger partial charge on any atom is -0.309 e. The molecular weight excluding hydrogens is 941 g/mol. The van der Waals surface area contributed by atoms with Crippen molar-refractivity contribution in [3.63, 3.8) is 0 Å². The summed E-state index contributed by atoms with van der Waals surface area (Å²) in [7, 11) is 0. The van der Waals surface area contributed by atoms with Crippen LogP contribution in [0.25, 0.3) is 149 Å². The molecule has 0 atom stereocenters. The SMILES string of the molecule is c1ccc(-c2nc(-n3c4ccccc4c4cc5c(cc43)c3ccccc3n5-c3ccccc3)nc(-n3c4ccccc4c4ccc5c6ccc7c8ccccc8n(-c8ccccc8)c7c6n(-c6ccccc6)c5c43)n2)cc1. The Kier molecular flexibility index (Phi) is 8.68. The smallest absolute Gasteiger partial charge is 0.240 e. The summed E-state index contributed by atoms with van der Waals surface area (Å²) in [6.45, 7) is 0. The van der Waals surface area contributed by atoms with E-state index in [0.29, 0.717) is 17.7 Å². The molecule has 0 bridgehead atoms. The Morgan fingerprint density at radius 1 is 0.208 bits per heavy atom. The second-order valence-corrected chi connectivity index (χ2v) is 20.0. The van der Waals surface area contributed by atoms with Gasteiger partial charge in [-0.1, -0.05) is 182 Å². The van der Waals surface area contributed by atoms with Gasteiger partial charge in [-0.25, -0.2) is 0 Å². The van der Waals surface area contributed by atoms with E-state index >= 15 is 0 Å². The lowest BCUT2D eigenvalue weighted by Crippen LogP contribution is -2.10. The van der Waals surface area contributed by atoms with Gasteiger partial charge in [0.2, 0.25) is 11.9 Å². The van der Waals surface area contributed by atoms with Crippen molar-refractivity contribution in [1.29, 1.82) is 0 Å². The Balaban J connectivity index is 1.02. The minimum absolute atomic E-state index is 0.522. The van der Waals surface area contributed by atoms with Crippen molar-refractivity contribution in [3.8, 4) is 40.3 Å². The Bertz CT molecular complexity index is 5260. The second kappa shape index (κ2) is 16.0. The molecule has 0 unspecified atom stereocenters. The maximum Gasteiger partial charge on any atom is 0.240 e. The van der Waals surface area contributed by atoms with Crippen molar-refractivity contribution in [1.82, 2.24) is 37.8 Å². The molecule has 17 aromatic rings. The summed E-state index contributed by atoms with van der Waals surface area (Å²) in [6, 6.07) is 91.3. The molecule has 0 fully saturated rings. The molecule has 8 nitrogen and oxygen atoms in total. The van der Waals surface area contributed by atoms with E-state index in [1.54, 1.807) is 0 Å². The van der Waals surface area contributed by atoms with Crippen molar-refractivity contribution in [3.05, 3.63) is 255 Å². The standard InChI is InChI=1S/C69H42N8/c1-5-21-43(22-6-1)67-70-68(76-59-35-19-16-32-50(59)56-41-61-55(42-62(56)76)49-31-15-17-33-57(49)73(61)44-23-7-2-8-24-44)72-69(71-67)77-60-36-20-14-30-48(60)52-38-40-54-53-39-37-51-47-29-13-18-34-58(47)74(45-25-9-3-10-26-45)63(51)64(53)75(65(54)66(52)77)46-27-11-4-12-28-46/h1-42H. The lowest BCUT2D eigenvalue weighted by molar-refractivity contribution is 0.893. The van der Waals surface area contributed by atoms with Crippen LogP contribution in [0.1, 0.15) is 0 Å². The number of fused-ring (bicyclic) bond motifs is 17. The minimum atomic E-state index is 0.522. The van der Waals surface area contributed by atoms with E-state index in [4.69, 9.17) is 15.0 Å². The average Bonchev–Trinajstić information content (AvgIpc) is 4.39. The lowest BCUT2D eigenvalue weighted by atomic mass is 10.1. The van der Waals surface area contributed by atoms with Gasteiger partial charge >= 0.3 is 0 Å². The number of rotatable bonds is 6. The first kappa shape index (κ1) is 41.9. The maximum atomic E-state index is 5.72. The van der Waals surface area contributed by atoms with E-state index in [0.717, 1.165) is 115 Å². The number of hydrogen-bond donors (Lipinski definition) is 0. The molecule has 6 heterocycles. The zero-order valence-electron chi connectivity index (χ0n) is 41.3. The zero-order valence-corrected chi connectivity index (χ0v) is 41.3. The Morgan fingerprint density at radius 2 is 0.532 bits per heavy atom. The van der Waals surface area contributed by atoms with Gasteiger partial charge in [-0.2, -0.15) is 15.0 Å². The van der Waals surface area contributed by atoms with Crippen LogP contribution in [-0.4, -0.2) is 37.8 Å². The summed E-state index contributed by atoms with van der Waals surface area (Å²) in [5.41, 5.74) is 15.0. The molecule has 0 aliphatic carbocycles. The molecule has 358 valence electrons. The molecule has 0 saturated heterocycles. The van der Waals surface area contributed by atoms with Crippen LogP contribution in [0.3, 0.4) is 0 Å². The van der Waals surface area contributed by atoms with Gasteiger partial charge in [0.15, 0.2) is 5.82 Å². The molecule has 6 aromatic heterocycles. The van der Waals surface area contributed by atoms with Gasteiger partial charge in [0.1, 0.15) is 0 Å². The average molecular weight is 983 g/mol. The van der Waals surface area contributed by atoms with E-state index in [1.165, 1.54) is 16.2 Å². The number of benzene rings is 11. The Labute approximate surface area is 439 Å². The van der Waals surface area contributed by atoms with Crippen molar-refractivity contribution in [2.24, 2.45) is 0 Å². The van der Waals surface area contributed by atoms with E-state index in [9.17, 15) is 0 Å². The van der Waals surface area contributed by atoms with Crippen LogP contribution in [0.5, 0.6) is 0 Å². The van der Waals surface area contributed by atoms with E-state index in [2.05, 4.69) is 272 Å². The first-order valence-corrected chi connectivity index (χ1v) is 26.1. The van der Waals surface area contributed by atoms with Gasteiger partial charge in [-0.05, 0) is 72.8 Å². The van der Waals surface area contributed by atoms with Gasteiger partial charge in [0, 0.05) is 76.5 Å². The van der Waals surface area contributed by atoms with Crippen molar-refractivity contribution >= 4 is 109 Å². The van der Waals surface area contributed by atoms with Crippen LogP contribution < -0.4 is 0 Å². The fraction of sp³-hybridized carbons (Fsp3) is 0. The van der Waals surface area contributed by atoms with Crippen LogP contribution in [0.2, 0.25) is 0 Å². The van der Waals surface area contributed by atoms with Crippen molar-refractivity contribution in [2.75, 3.05) is 0 Å². The molecule has 0 spiro atoms. The van der Waals surface area contributed by atoms with Gasteiger partial charge in [0.05, 0.1) is 55.2 Å². The Hall–Kier alpha value is -10.6. The number of nitrogens with zero attached hydrogens (tertiary/aromatic N) is 8. The van der Waals surface area contributed by atoms with Crippen molar-refractivity contribution in [2.45, 2.75) is 0 Å². The number of para-hydroxylation sites is 7. The van der Waals surface area contributed by atoms with E-state index < -0.39 is 0 Å². The third-order valence-electron chi connectivity index (χ3n) is 15.9. The predicted octanol–water partition coefficient (Wildman–Crippen LogP) is 17.0. The first-order chi connectivity index (χ1) is 38.2. The molecule has 0 amide bonds. The van der Waals surface area contributed by atoms with Crippen LogP contribution >= 0.6 is 0 Å². The molecule has 11 aromatic carbocycles. The van der Waals surface area contributed by atoms with Gasteiger partial charge in [0.25, 0.3) is 0 Å². The largest absolute Gasteiger partial charge is 0.309 e. The predicted molar refractivity (Wildman–Crippen MR) is 317 cm³/mol. The molecule has 77 heavy (non-hydrogen) atoms. The quantitative estimate of drug-likeness (QED) is 0.167. The van der Waals surface area contributed by atoms with Crippen LogP contribution in [0.15, 0.2) is 255 Å². The summed E-state index contributed by atoms with van der Waals surface area (Å²) >= 11 is 0. The summed E-state index contributed by atoms with van der Waals surface area (Å²) in [5, 5.41) is 11.4. The van der Waals surface area contributed by atoms with Crippen LogP contribution in [0.4, 0.5) is 0 Å². The topological polar surface area (TPSA) is 63.3 Å². The molecule has 0 saturated carbocycles. The summed E-state index contributed by atoms with van der Waals surface area (Å²) < 4.78 is 11.9. The second-order valence-electron chi connectivity index (χ2n) is 20.0. The normalized spacial score (nSPS) is 12.2. The highest BCUT2D eigenvalue weighted by molar-refractivity contribution is 6.29. The molecule has 8 heteroatoms. The molecular formula is C69H42N8. The highest BCUT2D eigenvalue weighted by atomic mass is 15.3. The summed E-state index contributed by atoms with van der Waals surface area (Å²) in [6.07, 6.45) is 0. The zero-order chi connectivity index (χ0) is 50.3. The fourth-order valence-corrected chi connectivity index (χ4v) is 12.7. The number of hydrogen-bond acceptors (Lipinski definition) is 3.